The molecule has 38 heavy (non-hydrogen) atoms. The van der Waals surface area contributed by atoms with Crippen LogP contribution in [0, 0.1) is 0 Å². The van der Waals surface area contributed by atoms with Crippen LogP contribution >= 0.6 is 0 Å². The maximum absolute atomic E-state index is 12.1. The third-order valence-electron chi connectivity index (χ3n) is 5.41. The Morgan fingerprint density at radius 1 is 0.737 bits per heavy atom. The van der Waals surface area contributed by atoms with Crippen LogP contribution in [0.1, 0.15) is 34.6 Å². The van der Waals surface area contributed by atoms with Gasteiger partial charge in [0.25, 0.3) is 0 Å². The molecule has 3 N–H and O–H groups in total. The fraction of sp³-hybridized carbons (Fsp3) is 0.773. The van der Waals surface area contributed by atoms with Gasteiger partial charge in [0.1, 0.15) is 37.6 Å². The van der Waals surface area contributed by atoms with Gasteiger partial charge in [-0.25, -0.2) is 0 Å². The van der Waals surface area contributed by atoms with Crippen LogP contribution in [0.2, 0.25) is 0 Å². The van der Waals surface area contributed by atoms with Crippen LogP contribution in [0.3, 0.4) is 0 Å². The van der Waals surface area contributed by atoms with Crippen molar-refractivity contribution in [3.8, 4) is 0 Å². The average molecular weight is 552 g/mol. The number of rotatable bonds is 10. The van der Waals surface area contributed by atoms with Crippen molar-refractivity contribution in [3.05, 3.63) is 0 Å². The molecule has 2 fully saturated rings. The first kappa shape index (κ1) is 31.3. The Morgan fingerprint density at radius 3 is 1.79 bits per heavy atom. The topological polar surface area (TPSA) is 220 Å². The highest BCUT2D eigenvalue weighted by molar-refractivity contribution is 5.68. The maximum Gasteiger partial charge on any atom is 0.303 e. The Kier molecular flexibility index (Phi) is 10.9. The quantitative estimate of drug-likeness (QED) is 0.188. The van der Waals surface area contributed by atoms with Gasteiger partial charge in [-0.05, 0) is 0 Å². The van der Waals surface area contributed by atoms with Crippen molar-refractivity contribution < 1.29 is 77.2 Å². The SMILES string of the molecule is CC(=O)OC[C@H]1O[C@](COC(C)=O)(O[C@H]2O[C@H](CO)[C@@H](O)[C@H](O)[C@H]2OC(C)=O)[C@@H](OC(C)=O)[C@@H]1OC(C)=O. The maximum atomic E-state index is 12.1. The fourth-order valence-corrected chi connectivity index (χ4v) is 3.94. The molecule has 2 heterocycles. The predicted octanol–water partition coefficient (Wildman–Crippen LogP) is -2.54. The van der Waals surface area contributed by atoms with E-state index < -0.39 is 104 Å². The van der Waals surface area contributed by atoms with Crippen LogP contribution in [0.15, 0.2) is 0 Å². The first-order chi connectivity index (χ1) is 17.7. The van der Waals surface area contributed by atoms with Crippen molar-refractivity contribution >= 4 is 29.8 Å². The first-order valence-electron chi connectivity index (χ1n) is 11.5. The van der Waals surface area contributed by atoms with Gasteiger partial charge in [-0.1, -0.05) is 0 Å². The summed E-state index contributed by atoms with van der Waals surface area (Å²) in [6.07, 6.45) is -13.1. The predicted molar refractivity (Wildman–Crippen MR) is 116 cm³/mol. The van der Waals surface area contributed by atoms with Gasteiger partial charge in [-0.3, -0.25) is 24.0 Å². The van der Waals surface area contributed by atoms with E-state index in [2.05, 4.69) is 0 Å². The summed E-state index contributed by atoms with van der Waals surface area (Å²) in [6.45, 7) is 3.04. The summed E-state index contributed by atoms with van der Waals surface area (Å²) in [5.74, 6) is -6.61. The van der Waals surface area contributed by atoms with Crippen LogP contribution in [0.25, 0.3) is 0 Å². The second-order valence-corrected chi connectivity index (χ2v) is 8.55. The fourth-order valence-electron chi connectivity index (χ4n) is 3.94. The largest absolute Gasteiger partial charge is 0.463 e. The Bertz CT molecular complexity index is 891. The molecule has 0 saturated carbocycles. The van der Waals surface area contributed by atoms with E-state index in [1.165, 1.54) is 0 Å². The number of hydrogen-bond donors (Lipinski definition) is 3. The minimum absolute atomic E-state index is 0.532. The third kappa shape index (κ3) is 7.81. The smallest absolute Gasteiger partial charge is 0.303 e. The molecule has 2 aliphatic heterocycles. The van der Waals surface area contributed by atoms with Crippen molar-refractivity contribution in [3.63, 3.8) is 0 Å². The van der Waals surface area contributed by atoms with E-state index in [1.54, 1.807) is 0 Å². The minimum atomic E-state index is -2.37. The molecule has 0 amide bonds. The van der Waals surface area contributed by atoms with Crippen LogP contribution in [-0.4, -0.2) is 120 Å². The van der Waals surface area contributed by atoms with E-state index in [9.17, 15) is 39.3 Å². The molecule has 16 nitrogen and oxygen atoms in total. The van der Waals surface area contributed by atoms with E-state index in [0.717, 1.165) is 34.6 Å². The third-order valence-corrected chi connectivity index (χ3v) is 5.41. The molecule has 0 radical (unpaired) electrons. The van der Waals surface area contributed by atoms with Crippen LogP contribution in [0.4, 0.5) is 0 Å². The van der Waals surface area contributed by atoms with Gasteiger partial charge in [0.15, 0.2) is 18.3 Å². The van der Waals surface area contributed by atoms with E-state index in [4.69, 9.17) is 37.9 Å². The van der Waals surface area contributed by atoms with Crippen LogP contribution in [0.5, 0.6) is 0 Å². The van der Waals surface area contributed by atoms with E-state index in [1.807, 2.05) is 0 Å². The molecule has 2 rings (SSSR count). The number of aliphatic hydroxyl groups is 3. The number of carbonyl (C=O) groups excluding carboxylic acids is 5. The Hall–Kier alpha value is -2.89. The summed E-state index contributed by atoms with van der Waals surface area (Å²) < 4.78 is 43.1. The number of hydrogen-bond acceptors (Lipinski definition) is 16. The highest BCUT2D eigenvalue weighted by Crippen LogP contribution is 2.40. The van der Waals surface area contributed by atoms with Crippen LogP contribution in [-0.2, 0) is 61.9 Å². The zero-order valence-corrected chi connectivity index (χ0v) is 21.4. The Morgan fingerprint density at radius 2 is 1.29 bits per heavy atom. The number of carbonyl (C=O) groups is 5. The average Bonchev–Trinajstić information content (AvgIpc) is 3.07. The Labute approximate surface area is 216 Å². The van der Waals surface area contributed by atoms with E-state index >= 15 is 0 Å². The standard InChI is InChI=1S/C22H32O16/c1-9(24)31-7-15-18(33-11(3)26)20(35-13(5)28)22(37-15,8-32-10(2)25)38-21-19(34-12(4)27)17(30)16(29)14(6-23)36-21/h14-21,23,29-30H,6-8H2,1-5H3/t14-,15-,16-,17+,18-,19-,20+,21-,22-/m1/s1. The summed E-state index contributed by atoms with van der Waals surface area (Å²) in [5.41, 5.74) is 0. The van der Waals surface area contributed by atoms with Gasteiger partial charge in [0.2, 0.25) is 12.1 Å². The van der Waals surface area contributed by atoms with Crippen molar-refractivity contribution in [1.29, 1.82) is 0 Å². The van der Waals surface area contributed by atoms with Crippen molar-refractivity contribution in [1.82, 2.24) is 0 Å². The lowest BCUT2D eigenvalue weighted by molar-refractivity contribution is -0.384. The molecule has 0 bridgehead atoms. The molecule has 16 heteroatoms. The monoisotopic (exact) mass is 552 g/mol. The lowest BCUT2D eigenvalue weighted by Crippen LogP contribution is -2.64. The summed E-state index contributed by atoms with van der Waals surface area (Å²) in [6, 6.07) is 0. The van der Waals surface area contributed by atoms with E-state index in [-0.39, 0.29) is 0 Å². The second kappa shape index (κ2) is 13.3. The number of ether oxygens (including phenoxy) is 8. The summed E-state index contributed by atoms with van der Waals surface area (Å²) in [4.78, 5) is 58.8. The van der Waals surface area contributed by atoms with Gasteiger partial charge in [-0.15, -0.1) is 0 Å². The highest BCUT2D eigenvalue weighted by atomic mass is 16.8. The second-order valence-electron chi connectivity index (χ2n) is 8.55. The Balaban J connectivity index is 2.60. The molecule has 0 aromatic rings. The zero-order chi connectivity index (χ0) is 28.8. The molecular weight excluding hydrogens is 520 g/mol. The molecule has 0 aromatic heterocycles. The van der Waals surface area contributed by atoms with Crippen LogP contribution < -0.4 is 0 Å². The van der Waals surface area contributed by atoms with E-state index in [0.29, 0.717) is 0 Å². The van der Waals surface area contributed by atoms with Gasteiger partial charge >= 0.3 is 29.8 Å². The number of aliphatic hydroxyl groups excluding tert-OH is 3. The molecule has 2 aliphatic rings. The first-order valence-corrected chi connectivity index (χ1v) is 11.5. The molecule has 0 aliphatic carbocycles. The molecule has 0 aromatic carbocycles. The zero-order valence-electron chi connectivity index (χ0n) is 21.4. The van der Waals surface area contributed by atoms with Crippen molar-refractivity contribution in [2.45, 2.75) is 89.4 Å². The molecule has 0 unspecified atom stereocenters. The van der Waals surface area contributed by atoms with Gasteiger partial charge in [0, 0.05) is 34.6 Å². The summed E-state index contributed by atoms with van der Waals surface area (Å²) in [7, 11) is 0. The summed E-state index contributed by atoms with van der Waals surface area (Å²) >= 11 is 0. The lowest BCUT2D eigenvalue weighted by Gasteiger charge is -2.44. The van der Waals surface area contributed by atoms with Gasteiger partial charge < -0.3 is 53.2 Å². The molecule has 2 saturated heterocycles. The van der Waals surface area contributed by atoms with Crippen molar-refractivity contribution in [2.75, 3.05) is 19.8 Å². The van der Waals surface area contributed by atoms with Crippen molar-refractivity contribution in [2.24, 2.45) is 0 Å². The molecule has 0 spiro atoms. The molecular formula is C22H32O16. The lowest BCUT2D eigenvalue weighted by atomic mass is 9.98. The van der Waals surface area contributed by atoms with Gasteiger partial charge in [-0.2, -0.15) is 0 Å². The summed E-state index contributed by atoms with van der Waals surface area (Å²) in [5, 5.41) is 30.4. The minimum Gasteiger partial charge on any atom is -0.463 e. The molecule has 9 atom stereocenters. The van der Waals surface area contributed by atoms with Gasteiger partial charge in [0.05, 0.1) is 6.61 Å². The molecule has 216 valence electrons. The number of esters is 5. The highest BCUT2D eigenvalue weighted by Gasteiger charge is 2.64. The normalized spacial score (nSPS) is 34.6.